The second-order valence-corrected chi connectivity index (χ2v) is 5.99. The highest BCUT2D eigenvalue weighted by Crippen LogP contribution is 2.16. The average Bonchev–Trinajstić information content (AvgIpc) is 2.95. The van der Waals surface area contributed by atoms with Crippen molar-refractivity contribution in [1.82, 2.24) is 9.59 Å². The molecule has 7 heteroatoms. The molecule has 2 aromatic rings. The van der Waals surface area contributed by atoms with Crippen molar-refractivity contribution in [2.24, 2.45) is 0 Å². The molecule has 0 radical (unpaired) electrons. The SMILES string of the molecule is CCc1nnsc1C(=O)O[C@@H](C)C(=O)c1ccc(Br)cc1. The molecule has 1 aromatic carbocycles. The molecule has 0 N–H and O–H groups in total. The Hall–Kier alpha value is -1.60. The molecule has 0 aliphatic heterocycles. The number of rotatable bonds is 5. The van der Waals surface area contributed by atoms with Crippen molar-refractivity contribution in [1.29, 1.82) is 0 Å². The van der Waals surface area contributed by atoms with E-state index in [0.29, 0.717) is 22.6 Å². The van der Waals surface area contributed by atoms with Crippen LogP contribution in [-0.2, 0) is 11.2 Å². The van der Waals surface area contributed by atoms with Gasteiger partial charge < -0.3 is 4.74 Å². The maximum absolute atomic E-state index is 12.2. The molecule has 0 saturated carbocycles. The van der Waals surface area contributed by atoms with Gasteiger partial charge in [-0.2, -0.15) is 0 Å². The van der Waals surface area contributed by atoms with Crippen molar-refractivity contribution in [3.05, 3.63) is 44.9 Å². The van der Waals surface area contributed by atoms with Crippen LogP contribution in [0.1, 0.15) is 39.6 Å². The van der Waals surface area contributed by atoms with Crippen LogP contribution >= 0.6 is 27.5 Å². The van der Waals surface area contributed by atoms with E-state index < -0.39 is 12.1 Å². The molecule has 1 heterocycles. The molecule has 110 valence electrons. The van der Waals surface area contributed by atoms with E-state index in [-0.39, 0.29) is 5.78 Å². The van der Waals surface area contributed by atoms with Gasteiger partial charge in [-0.25, -0.2) is 4.79 Å². The maximum Gasteiger partial charge on any atom is 0.352 e. The van der Waals surface area contributed by atoms with Gasteiger partial charge in [-0.05, 0) is 37.0 Å². The van der Waals surface area contributed by atoms with Crippen LogP contribution in [0, 0.1) is 0 Å². The fourth-order valence-electron chi connectivity index (χ4n) is 1.71. The first-order chi connectivity index (χ1) is 10.0. The summed E-state index contributed by atoms with van der Waals surface area (Å²) in [6.07, 6.45) is -0.263. The summed E-state index contributed by atoms with van der Waals surface area (Å²) in [7, 11) is 0. The highest BCUT2D eigenvalue weighted by Gasteiger charge is 2.23. The van der Waals surface area contributed by atoms with Crippen LogP contribution in [0.15, 0.2) is 28.7 Å². The van der Waals surface area contributed by atoms with Gasteiger partial charge in [0.15, 0.2) is 11.0 Å². The zero-order valence-corrected chi connectivity index (χ0v) is 13.9. The molecule has 1 atom stereocenters. The topological polar surface area (TPSA) is 69.2 Å². The number of benzene rings is 1. The predicted octanol–water partition coefficient (Wildman–Crippen LogP) is 3.29. The summed E-state index contributed by atoms with van der Waals surface area (Å²) in [5, 5.41) is 3.85. The predicted molar refractivity (Wildman–Crippen MR) is 82.6 cm³/mol. The molecular weight excluding hydrogens is 356 g/mol. The summed E-state index contributed by atoms with van der Waals surface area (Å²) < 4.78 is 9.83. The second kappa shape index (κ2) is 6.91. The molecule has 0 aliphatic rings. The monoisotopic (exact) mass is 368 g/mol. The van der Waals surface area contributed by atoms with Gasteiger partial charge in [-0.15, -0.1) is 5.10 Å². The Bertz CT molecular complexity index is 654. The van der Waals surface area contributed by atoms with Crippen molar-refractivity contribution in [2.45, 2.75) is 26.4 Å². The van der Waals surface area contributed by atoms with E-state index in [1.807, 2.05) is 6.92 Å². The van der Waals surface area contributed by atoms with E-state index in [9.17, 15) is 9.59 Å². The molecular formula is C14H13BrN2O3S. The minimum absolute atomic E-state index is 0.244. The van der Waals surface area contributed by atoms with Crippen molar-refractivity contribution in [2.75, 3.05) is 0 Å². The van der Waals surface area contributed by atoms with Crippen LogP contribution in [0.2, 0.25) is 0 Å². The number of carbonyl (C=O) groups is 2. The molecule has 0 amide bonds. The van der Waals surface area contributed by atoms with Crippen molar-refractivity contribution in [3.8, 4) is 0 Å². The smallest absolute Gasteiger partial charge is 0.352 e. The number of ketones is 1. The highest BCUT2D eigenvalue weighted by molar-refractivity contribution is 9.10. The third kappa shape index (κ3) is 3.74. The Labute approximate surface area is 134 Å². The van der Waals surface area contributed by atoms with Crippen LogP contribution in [0.25, 0.3) is 0 Å². The van der Waals surface area contributed by atoms with Crippen molar-refractivity contribution >= 4 is 39.2 Å². The average molecular weight is 369 g/mol. The lowest BCUT2D eigenvalue weighted by atomic mass is 10.1. The number of esters is 1. The number of aromatic nitrogens is 2. The maximum atomic E-state index is 12.2. The lowest BCUT2D eigenvalue weighted by Crippen LogP contribution is -2.24. The first kappa shape index (κ1) is 15.8. The number of Topliss-reactive ketones (excluding diaryl/α,β-unsaturated/α-hetero) is 1. The van der Waals surface area contributed by atoms with Gasteiger partial charge in [-0.3, -0.25) is 4.79 Å². The number of hydrogen-bond donors (Lipinski definition) is 0. The molecule has 0 fully saturated rings. The standard InChI is InChI=1S/C14H13BrN2O3S/c1-3-11-13(21-17-16-11)14(19)20-8(2)12(18)9-4-6-10(15)7-5-9/h4-8H,3H2,1-2H3/t8-/m0/s1. The van der Waals surface area contributed by atoms with Gasteiger partial charge in [0, 0.05) is 10.0 Å². The van der Waals surface area contributed by atoms with Gasteiger partial charge in [0.1, 0.15) is 0 Å². The van der Waals surface area contributed by atoms with Gasteiger partial charge in [0.05, 0.1) is 5.69 Å². The summed E-state index contributed by atoms with van der Waals surface area (Å²) in [6.45, 7) is 3.44. The molecule has 0 spiro atoms. The summed E-state index contributed by atoms with van der Waals surface area (Å²) in [5.74, 6) is -0.800. The van der Waals surface area contributed by atoms with Gasteiger partial charge in [0.25, 0.3) is 0 Å². The van der Waals surface area contributed by atoms with E-state index in [1.165, 1.54) is 0 Å². The third-order valence-corrected chi connectivity index (χ3v) is 4.13. The van der Waals surface area contributed by atoms with Crippen molar-refractivity contribution < 1.29 is 14.3 Å². The minimum atomic E-state index is -0.856. The molecule has 21 heavy (non-hydrogen) atoms. The van der Waals surface area contributed by atoms with Crippen LogP contribution < -0.4 is 0 Å². The van der Waals surface area contributed by atoms with Crippen LogP contribution in [0.3, 0.4) is 0 Å². The third-order valence-electron chi connectivity index (χ3n) is 2.86. The molecule has 2 rings (SSSR count). The summed E-state index contributed by atoms with van der Waals surface area (Å²) in [6, 6.07) is 6.90. The van der Waals surface area contributed by atoms with Gasteiger partial charge in [-0.1, -0.05) is 39.5 Å². The quantitative estimate of drug-likeness (QED) is 0.598. The fraction of sp³-hybridized carbons (Fsp3) is 0.286. The summed E-state index contributed by atoms with van der Waals surface area (Å²) >= 11 is 4.29. The Morgan fingerprint density at radius 3 is 2.62 bits per heavy atom. The second-order valence-electron chi connectivity index (χ2n) is 4.32. The molecule has 0 aliphatic carbocycles. The van der Waals surface area contributed by atoms with E-state index in [4.69, 9.17) is 4.74 Å². The van der Waals surface area contributed by atoms with Gasteiger partial charge in [0.2, 0.25) is 5.78 Å². The Balaban J connectivity index is 2.07. The lowest BCUT2D eigenvalue weighted by molar-refractivity contribution is 0.0322. The Morgan fingerprint density at radius 2 is 2.00 bits per heavy atom. The fourth-order valence-corrected chi connectivity index (χ4v) is 2.61. The lowest BCUT2D eigenvalue weighted by Gasteiger charge is -2.11. The van der Waals surface area contributed by atoms with E-state index in [2.05, 4.69) is 25.5 Å². The van der Waals surface area contributed by atoms with E-state index in [0.717, 1.165) is 16.0 Å². The number of carbonyl (C=O) groups excluding carboxylic acids is 2. The van der Waals surface area contributed by atoms with Crippen LogP contribution in [0.4, 0.5) is 0 Å². The number of aryl methyl sites for hydroxylation is 1. The van der Waals surface area contributed by atoms with E-state index >= 15 is 0 Å². The zero-order valence-electron chi connectivity index (χ0n) is 11.5. The number of hydrogen-bond acceptors (Lipinski definition) is 6. The molecule has 0 unspecified atom stereocenters. The summed E-state index contributed by atoms with van der Waals surface area (Å²) in [4.78, 5) is 24.6. The first-order valence-electron chi connectivity index (χ1n) is 6.35. The molecule has 0 bridgehead atoms. The first-order valence-corrected chi connectivity index (χ1v) is 7.91. The van der Waals surface area contributed by atoms with Gasteiger partial charge >= 0.3 is 5.97 Å². The Kier molecular flexibility index (Phi) is 5.19. The van der Waals surface area contributed by atoms with Crippen molar-refractivity contribution in [3.63, 3.8) is 0 Å². The largest absolute Gasteiger partial charge is 0.450 e. The zero-order chi connectivity index (χ0) is 15.4. The van der Waals surface area contributed by atoms with Crippen LogP contribution in [0.5, 0.6) is 0 Å². The number of ether oxygens (including phenoxy) is 1. The number of nitrogens with zero attached hydrogens (tertiary/aromatic N) is 2. The molecule has 0 saturated heterocycles. The molecule has 5 nitrogen and oxygen atoms in total. The summed E-state index contributed by atoms with van der Waals surface area (Å²) in [5.41, 5.74) is 1.09. The highest BCUT2D eigenvalue weighted by atomic mass is 79.9. The Morgan fingerprint density at radius 1 is 1.33 bits per heavy atom. The minimum Gasteiger partial charge on any atom is -0.450 e. The molecule has 1 aromatic heterocycles. The normalized spacial score (nSPS) is 12.0. The number of halogens is 1. The van der Waals surface area contributed by atoms with E-state index in [1.54, 1.807) is 31.2 Å². The van der Waals surface area contributed by atoms with Crippen LogP contribution in [-0.4, -0.2) is 27.4 Å².